The van der Waals surface area contributed by atoms with Crippen LogP contribution in [-0.4, -0.2) is 51.1 Å². The van der Waals surface area contributed by atoms with Crippen LogP contribution in [0.3, 0.4) is 0 Å². The molecule has 2 N–H and O–H groups in total. The van der Waals surface area contributed by atoms with E-state index < -0.39 is 11.9 Å². The number of halogens is 2. The van der Waals surface area contributed by atoms with Gasteiger partial charge in [-0.15, -0.1) is 0 Å². The maximum Gasteiger partial charge on any atom is 0.258 e. The van der Waals surface area contributed by atoms with Crippen LogP contribution in [0.1, 0.15) is 23.2 Å². The Bertz CT molecular complexity index is 817. The molecule has 2 aromatic rings. The fourth-order valence-electron chi connectivity index (χ4n) is 4.18. The average molecular weight is 391 g/mol. The lowest BCUT2D eigenvalue weighted by Crippen LogP contribution is -2.43. The van der Waals surface area contributed by atoms with E-state index in [4.69, 9.17) is 11.6 Å². The van der Waals surface area contributed by atoms with E-state index in [9.17, 15) is 14.3 Å². The molecule has 0 radical (unpaired) electrons. The zero-order chi connectivity index (χ0) is 19.0. The molecule has 4 atom stereocenters. The third kappa shape index (κ3) is 3.61. The molecule has 2 aliphatic rings. The minimum Gasteiger partial charge on any atom is -0.391 e. The molecular weight excluding hydrogens is 371 g/mol. The second-order valence-electron chi connectivity index (χ2n) is 7.21. The third-order valence-corrected chi connectivity index (χ3v) is 5.82. The topological polar surface area (TPSA) is 78.4 Å². The van der Waals surface area contributed by atoms with Crippen LogP contribution in [0.5, 0.6) is 0 Å². The van der Waals surface area contributed by atoms with E-state index >= 15 is 0 Å². The summed E-state index contributed by atoms with van der Waals surface area (Å²) in [5.74, 6) is 0.0422. The highest BCUT2D eigenvalue weighted by molar-refractivity contribution is 6.33. The summed E-state index contributed by atoms with van der Waals surface area (Å²) in [5.41, 5.74) is -0.0763. The first-order chi connectivity index (χ1) is 13.0. The summed E-state index contributed by atoms with van der Waals surface area (Å²) in [6.45, 7) is 1.03. The molecule has 0 bridgehead atoms. The quantitative estimate of drug-likeness (QED) is 0.842. The molecule has 0 spiro atoms. The summed E-state index contributed by atoms with van der Waals surface area (Å²) < 4.78 is 14.1. The number of carbonyl (C=O) groups is 1. The lowest BCUT2D eigenvalue weighted by molar-refractivity contribution is 0.0726. The van der Waals surface area contributed by atoms with Crippen LogP contribution in [0.15, 0.2) is 36.8 Å². The molecular formula is C19H20ClFN4O2. The Labute approximate surface area is 161 Å². The Morgan fingerprint density at radius 3 is 2.74 bits per heavy atom. The molecule has 27 heavy (non-hydrogen) atoms. The number of likely N-dealkylation sites (tertiary alicyclic amines) is 1. The fourth-order valence-corrected chi connectivity index (χ4v) is 4.42. The standard InChI is InChI=1S/C19H20ClFN4O2/c20-13-2-1-3-14(21)18(13)19(27)25-9-11-6-15(16(26)7-12(11)10-25)24-17-8-22-4-5-23-17/h1-5,8,11-12,15-16,26H,6-7,9-10H2,(H,23,24)/t11-,12+,15-,16-/m1/s1. The van der Waals surface area contributed by atoms with Crippen LogP contribution in [0, 0.1) is 17.7 Å². The number of aromatic nitrogens is 2. The highest BCUT2D eigenvalue weighted by Gasteiger charge is 2.43. The van der Waals surface area contributed by atoms with E-state index in [1.54, 1.807) is 23.5 Å². The summed E-state index contributed by atoms with van der Waals surface area (Å²) in [5, 5.41) is 13.9. The predicted molar refractivity (Wildman–Crippen MR) is 99.0 cm³/mol. The number of amides is 1. The number of fused-ring (bicyclic) bond motifs is 1. The van der Waals surface area contributed by atoms with E-state index in [0.29, 0.717) is 31.7 Å². The molecule has 2 heterocycles. The number of anilines is 1. The van der Waals surface area contributed by atoms with Gasteiger partial charge in [-0.1, -0.05) is 17.7 Å². The van der Waals surface area contributed by atoms with Gasteiger partial charge in [0.2, 0.25) is 0 Å². The highest BCUT2D eigenvalue weighted by atomic mass is 35.5. The molecule has 1 aromatic carbocycles. The number of nitrogens with zero attached hydrogens (tertiary/aromatic N) is 3. The number of aliphatic hydroxyl groups excluding tert-OH is 1. The van der Waals surface area contributed by atoms with Gasteiger partial charge in [-0.05, 0) is 36.8 Å². The van der Waals surface area contributed by atoms with Crippen LogP contribution in [-0.2, 0) is 0 Å². The number of hydrogen-bond acceptors (Lipinski definition) is 5. The Morgan fingerprint density at radius 1 is 1.26 bits per heavy atom. The number of carbonyl (C=O) groups excluding carboxylic acids is 1. The Hall–Kier alpha value is -2.25. The molecule has 1 saturated heterocycles. The van der Waals surface area contributed by atoms with Gasteiger partial charge in [-0.25, -0.2) is 9.37 Å². The lowest BCUT2D eigenvalue weighted by atomic mass is 9.77. The molecule has 2 fully saturated rings. The summed E-state index contributed by atoms with van der Waals surface area (Å²) in [6, 6.07) is 4.09. The molecule has 6 nitrogen and oxygen atoms in total. The van der Waals surface area contributed by atoms with Crippen LogP contribution < -0.4 is 5.32 Å². The van der Waals surface area contributed by atoms with Crippen molar-refractivity contribution in [2.75, 3.05) is 18.4 Å². The van der Waals surface area contributed by atoms with Crippen molar-refractivity contribution in [2.24, 2.45) is 11.8 Å². The Morgan fingerprint density at radius 2 is 2.04 bits per heavy atom. The molecule has 4 rings (SSSR count). The van der Waals surface area contributed by atoms with Crippen LogP contribution in [0.25, 0.3) is 0 Å². The number of rotatable bonds is 3. The lowest BCUT2D eigenvalue weighted by Gasteiger charge is -2.35. The van der Waals surface area contributed by atoms with Gasteiger partial charge in [0, 0.05) is 25.5 Å². The first-order valence-electron chi connectivity index (χ1n) is 8.97. The summed E-state index contributed by atoms with van der Waals surface area (Å²) >= 11 is 6.04. The normalized spacial score (nSPS) is 27.3. The fraction of sp³-hybridized carbons (Fsp3) is 0.421. The number of benzene rings is 1. The smallest absolute Gasteiger partial charge is 0.258 e. The number of nitrogens with one attached hydrogen (secondary N) is 1. The van der Waals surface area contributed by atoms with Gasteiger partial charge in [0.25, 0.3) is 5.91 Å². The SMILES string of the molecule is O=C(c1c(F)cccc1Cl)N1C[C@H]2C[C@@H](Nc3cnccn3)[C@H](O)C[C@H]2C1. The minimum absolute atomic E-state index is 0.0763. The zero-order valence-electron chi connectivity index (χ0n) is 14.6. The maximum atomic E-state index is 14.1. The van der Waals surface area contributed by atoms with Gasteiger partial charge in [-0.3, -0.25) is 9.78 Å². The van der Waals surface area contributed by atoms with Crippen LogP contribution >= 0.6 is 11.6 Å². The predicted octanol–water partition coefficient (Wildman–Crippen LogP) is 2.59. The Kier molecular flexibility index (Phi) is 4.97. The van der Waals surface area contributed by atoms with Crippen LogP contribution in [0.2, 0.25) is 5.02 Å². The van der Waals surface area contributed by atoms with Gasteiger partial charge in [0.1, 0.15) is 11.6 Å². The summed E-state index contributed by atoms with van der Waals surface area (Å²) in [7, 11) is 0. The molecule has 1 aliphatic carbocycles. The van der Waals surface area contributed by atoms with Crippen molar-refractivity contribution in [3.05, 3.63) is 53.2 Å². The van der Waals surface area contributed by atoms with Crippen molar-refractivity contribution in [3.8, 4) is 0 Å². The highest BCUT2D eigenvalue weighted by Crippen LogP contribution is 2.38. The van der Waals surface area contributed by atoms with Gasteiger partial charge in [-0.2, -0.15) is 0 Å². The van der Waals surface area contributed by atoms with Gasteiger partial charge in [0.15, 0.2) is 0 Å². The molecule has 1 amide bonds. The number of hydrogen-bond donors (Lipinski definition) is 2. The summed E-state index contributed by atoms with van der Waals surface area (Å²) in [6.07, 6.45) is 5.54. The van der Waals surface area contributed by atoms with E-state index in [1.807, 2.05) is 0 Å². The molecule has 1 aliphatic heterocycles. The van der Waals surface area contributed by atoms with E-state index in [2.05, 4.69) is 15.3 Å². The first kappa shape index (κ1) is 18.1. The monoisotopic (exact) mass is 390 g/mol. The van der Waals surface area contributed by atoms with Gasteiger partial charge >= 0.3 is 0 Å². The molecule has 142 valence electrons. The number of aliphatic hydroxyl groups is 1. The van der Waals surface area contributed by atoms with E-state index in [0.717, 1.165) is 0 Å². The van der Waals surface area contributed by atoms with Crippen molar-refractivity contribution in [2.45, 2.75) is 25.0 Å². The minimum atomic E-state index is -0.607. The van der Waals surface area contributed by atoms with Crippen molar-refractivity contribution >= 4 is 23.3 Å². The van der Waals surface area contributed by atoms with Crippen molar-refractivity contribution in [1.29, 1.82) is 0 Å². The molecule has 0 unspecified atom stereocenters. The second-order valence-corrected chi connectivity index (χ2v) is 7.61. The molecule has 8 heteroatoms. The second kappa shape index (κ2) is 7.40. The first-order valence-corrected chi connectivity index (χ1v) is 9.34. The van der Waals surface area contributed by atoms with Crippen molar-refractivity contribution in [1.82, 2.24) is 14.9 Å². The zero-order valence-corrected chi connectivity index (χ0v) is 15.3. The summed E-state index contributed by atoms with van der Waals surface area (Å²) in [4.78, 5) is 22.6. The molecule has 1 aromatic heterocycles. The van der Waals surface area contributed by atoms with Gasteiger partial charge < -0.3 is 15.3 Å². The van der Waals surface area contributed by atoms with Gasteiger partial charge in [0.05, 0.1) is 28.9 Å². The van der Waals surface area contributed by atoms with Crippen LogP contribution in [0.4, 0.5) is 10.2 Å². The van der Waals surface area contributed by atoms with Crippen molar-refractivity contribution in [3.63, 3.8) is 0 Å². The third-order valence-electron chi connectivity index (χ3n) is 5.50. The van der Waals surface area contributed by atoms with E-state index in [-0.39, 0.29) is 34.4 Å². The van der Waals surface area contributed by atoms with E-state index in [1.165, 1.54) is 18.2 Å². The largest absolute Gasteiger partial charge is 0.391 e. The molecule has 1 saturated carbocycles. The maximum absolute atomic E-state index is 14.1. The average Bonchev–Trinajstić information content (AvgIpc) is 3.05. The van der Waals surface area contributed by atoms with Crippen molar-refractivity contribution < 1.29 is 14.3 Å². The Balaban J connectivity index is 1.46.